The van der Waals surface area contributed by atoms with E-state index >= 15 is 0 Å². The highest BCUT2D eigenvalue weighted by Gasteiger charge is 2.69. The van der Waals surface area contributed by atoms with Gasteiger partial charge >= 0.3 is 6.36 Å². The average Bonchev–Trinajstić information content (AvgIpc) is 3.13. The van der Waals surface area contributed by atoms with Crippen LogP contribution in [0.5, 0.6) is 5.75 Å². The van der Waals surface area contributed by atoms with Crippen molar-refractivity contribution in [2.45, 2.75) is 76.7 Å². The van der Waals surface area contributed by atoms with E-state index in [-0.39, 0.29) is 23.5 Å². The van der Waals surface area contributed by atoms with Crippen LogP contribution >= 0.6 is 0 Å². The van der Waals surface area contributed by atoms with Crippen molar-refractivity contribution in [1.29, 1.82) is 0 Å². The summed E-state index contributed by atoms with van der Waals surface area (Å²) >= 11 is 0. The standard InChI is InChI=1S/C27H36F3N3O6/c1-16-4-9-21-17(2)22(35-23-26(21)20(16)10-11-25(3,37-23)38-39-26)32-24(33-12-14-34-15-13-33)31-18-5-7-19(8-6-18)36-27(28,29)30/h5-8,16-17,20-23H,4,9-15H2,1-3H3,(H,31,32)/t16-,17-,20+,21+,22+,23-,25-,26-/m1/s1. The van der Waals surface area contributed by atoms with Crippen LogP contribution in [0.2, 0.25) is 0 Å². The van der Waals surface area contributed by atoms with Crippen molar-refractivity contribution >= 4 is 11.6 Å². The van der Waals surface area contributed by atoms with Gasteiger partial charge in [-0.1, -0.05) is 13.8 Å². The highest BCUT2D eigenvalue weighted by molar-refractivity contribution is 5.93. The van der Waals surface area contributed by atoms with E-state index in [0.29, 0.717) is 43.9 Å². The monoisotopic (exact) mass is 555 g/mol. The fourth-order valence-corrected chi connectivity index (χ4v) is 6.99. The average molecular weight is 556 g/mol. The lowest BCUT2D eigenvalue weighted by atomic mass is 9.58. The summed E-state index contributed by atoms with van der Waals surface area (Å²) in [6.07, 6.45) is -2.17. The minimum Gasteiger partial charge on any atom is -0.406 e. The first-order valence-electron chi connectivity index (χ1n) is 13.8. The number of anilines is 1. The largest absolute Gasteiger partial charge is 0.573 e. The van der Waals surface area contributed by atoms with Gasteiger partial charge in [0.2, 0.25) is 11.7 Å². The number of alkyl halides is 3. The number of hydrogen-bond acceptors (Lipinski definition) is 7. The predicted molar refractivity (Wildman–Crippen MR) is 133 cm³/mol. The lowest BCUT2D eigenvalue weighted by molar-refractivity contribution is -0.570. The molecule has 1 spiro atoms. The number of nitrogens with one attached hydrogen (secondary N) is 1. The van der Waals surface area contributed by atoms with Gasteiger partial charge in [0.1, 0.15) is 5.75 Å². The Balaban J connectivity index is 1.29. The molecule has 7 rings (SSSR count). The second-order valence-corrected chi connectivity index (χ2v) is 11.5. The molecule has 5 aliphatic heterocycles. The zero-order valence-electron chi connectivity index (χ0n) is 22.4. The van der Waals surface area contributed by atoms with E-state index in [1.165, 1.54) is 24.3 Å². The number of rotatable bonds is 3. The molecule has 0 unspecified atom stereocenters. The molecule has 0 radical (unpaired) electrons. The lowest BCUT2D eigenvalue weighted by Gasteiger charge is -2.59. The normalized spacial score (nSPS) is 40.6. The molecule has 1 aromatic carbocycles. The number of halogens is 3. The first kappa shape index (κ1) is 27.1. The molecule has 2 bridgehead atoms. The van der Waals surface area contributed by atoms with Gasteiger partial charge in [-0.3, -0.25) is 0 Å². The molecular weight excluding hydrogens is 519 g/mol. The molecule has 6 aliphatic rings. The number of guanidine groups is 1. The third-order valence-electron chi connectivity index (χ3n) is 9.03. The van der Waals surface area contributed by atoms with Gasteiger partial charge < -0.3 is 29.2 Å². The SMILES string of the molecule is C[C@H]1[C@@H](/N=C(\Nc2ccc(OC(F)(F)F)cc2)N2CCOCC2)O[C@@H]2O[C@@]3(C)CC[C@H]4[C@H](C)CC[C@@H]1[C@@]24OO3. The van der Waals surface area contributed by atoms with Crippen molar-refractivity contribution in [2.75, 3.05) is 31.6 Å². The summed E-state index contributed by atoms with van der Waals surface area (Å²) < 4.78 is 60.5. The second-order valence-electron chi connectivity index (χ2n) is 11.5. The number of ether oxygens (including phenoxy) is 4. The van der Waals surface area contributed by atoms with Crippen molar-refractivity contribution in [1.82, 2.24) is 4.90 Å². The van der Waals surface area contributed by atoms with E-state index in [0.717, 1.165) is 25.7 Å². The second kappa shape index (κ2) is 10.1. The Morgan fingerprint density at radius 3 is 2.51 bits per heavy atom. The van der Waals surface area contributed by atoms with Crippen molar-refractivity contribution in [3.8, 4) is 5.75 Å². The number of aliphatic imine (C=N–C) groups is 1. The quantitative estimate of drug-likeness (QED) is 0.321. The van der Waals surface area contributed by atoms with Crippen LogP contribution in [0, 0.1) is 23.7 Å². The molecule has 6 fully saturated rings. The van der Waals surface area contributed by atoms with E-state index in [4.69, 9.17) is 29.0 Å². The predicted octanol–water partition coefficient (Wildman–Crippen LogP) is 4.89. The Bertz CT molecular complexity index is 1070. The first-order chi connectivity index (χ1) is 18.6. The summed E-state index contributed by atoms with van der Waals surface area (Å²) in [6, 6.07) is 5.61. The molecule has 1 aliphatic carbocycles. The van der Waals surface area contributed by atoms with Crippen LogP contribution in [-0.2, 0) is 24.0 Å². The fraction of sp³-hybridized carbons (Fsp3) is 0.741. The molecule has 12 heteroatoms. The van der Waals surface area contributed by atoms with E-state index < -0.39 is 30.3 Å². The summed E-state index contributed by atoms with van der Waals surface area (Å²) in [7, 11) is 0. The van der Waals surface area contributed by atoms with Crippen LogP contribution < -0.4 is 10.1 Å². The maximum absolute atomic E-state index is 12.6. The van der Waals surface area contributed by atoms with Crippen LogP contribution in [0.1, 0.15) is 46.5 Å². The fourth-order valence-electron chi connectivity index (χ4n) is 6.99. The first-order valence-corrected chi connectivity index (χ1v) is 13.8. The van der Waals surface area contributed by atoms with Gasteiger partial charge in [0.05, 0.1) is 13.2 Å². The number of benzene rings is 1. The smallest absolute Gasteiger partial charge is 0.406 e. The van der Waals surface area contributed by atoms with E-state index in [2.05, 4.69) is 28.8 Å². The van der Waals surface area contributed by atoms with Crippen molar-refractivity contribution in [3.63, 3.8) is 0 Å². The minimum atomic E-state index is -4.75. The molecule has 0 amide bonds. The Morgan fingerprint density at radius 1 is 1.05 bits per heavy atom. The van der Waals surface area contributed by atoms with Crippen molar-refractivity contribution < 1.29 is 41.9 Å². The maximum Gasteiger partial charge on any atom is 0.573 e. The van der Waals surface area contributed by atoms with Crippen molar-refractivity contribution in [2.24, 2.45) is 28.7 Å². The van der Waals surface area contributed by atoms with Crippen LogP contribution in [0.25, 0.3) is 0 Å². The van der Waals surface area contributed by atoms with Crippen molar-refractivity contribution in [3.05, 3.63) is 24.3 Å². The Morgan fingerprint density at radius 2 is 1.79 bits per heavy atom. The van der Waals surface area contributed by atoms with Gasteiger partial charge in [-0.25, -0.2) is 14.8 Å². The molecule has 5 heterocycles. The molecule has 8 atom stereocenters. The van der Waals surface area contributed by atoms with Crippen LogP contribution in [0.4, 0.5) is 18.9 Å². The van der Waals surface area contributed by atoms with E-state index in [1.54, 1.807) is 0 Å². The molecule has 1 N–H and O–H groups in total. The molecule has 39 heavy (non-hydrogen) atoms. The summed E-state index contributed by atoms with van der Waals surface area (Å²) in [5.41, 5.74) is -0.102. The molecule has 0 aromatic heterocycles. The van der Waals surface area contributed by atoms with Gasteiger partial charge in [0.25, 0.3) is 0 Å². The zero-order valence-corrected chi connectivity index (χ0v) is 22.4. The minimum absolute atomic E-state index is 0.00584. The topological polar surface area (TPSA) is 83.0 Å². The van der Waals surface area contributed by atoms with E-state index in [1.807, 2.05) is 6.92 Å². The van der Waals surface area contributed by atoms with Gasteiger partial charge in [-0.15, -0.1) is 13.2 Å². The molecule has 1 aromatic rings. The molecule has 5 saturated heterocycles. The third kappa shape index (κ3) is 5.10. The highest BCUT2D eigenvalue weighted by Crippen LogP contribution is 2.60. The number of fused-ring (bicyclic) bond motifs is 2. The van der Waals surface area contributed by atoms with Crippen LogP contribution in [0.3, 0.4) is 0 Å². The highest BCUT2D eigenvalue weighted by atomic mass is 19.4. The lowest BCUT2D eigenvalue weighted by Crippen LogP contribution is -2.70. The summed E-state index contributed by atoms with van der Waals surface area (Å²) in [4.78, 5) is 19.3. The van der Waals surface area contributed by atoms with E-state index in [9.17, 15) is 13.2 Å². The summed E-state index contributed by atoms with van der Waals surface area (Å²) in [6.45, 7) is 8.62. The Hall–Kier alpha value is -2.12. The Kier molecular flexibility index (Phi) is 6.98. The molecule has 216 valence electrons. The van der Waals surface area contributed by atoms with Crippen LogP contribution in [-0.4, -0.2) is 67.4 Å². The molecule has 1 saturated carbocycles. The number of nitrogens with zero attached hydrogens (tertiary/aromatic N) is 2. The van der Waals surface area contributed by atoms with Gasteiger partial charge in [-0.05, 0) is 62.3 Å². The number of morpholine rings is 1. The van der Waals surface area contributed by atoms with Gasteiger partial charge in [0.15, 0.2) is 18.1 Å². The Labute approximate surface area is 225 Å². The zero-order chi connectivity index (χ0) is 27.4. The van der Waals surface area contributed by atoms with Gasteiger partial charge in [-0.2, -0.15) is 0 Å². The number of hydrogen-bond donors (Lipinski definition) is 1. The van der Waals surface area contributed by atoms with Gasteiger partial charge in [0, 0.05) is 37.0 Å². The summed E-state index contributed by atoms with van der Waals surface area (Å²) in [5, 5.41) is 3.30. The van der Waals surface area contributed by atoms with Crippen LogP contribution in [0.15, 0.2) is 29.3 Å². The maximum atomic E-state index is 12.6. The summed E-state index contributed by atoms with van der Waals surface area (Å²) in [5.74, 6) is 0.250. The molecular formula is C27H36F3N3O6. The molecule has 9 nitrogen and oxygen atoms in total. The third-order valence-corrected chi connectivity index (χ3v) is 9.03.